The van der Waals surface area contributed by atoms with Gasteiger partial charge < -0.3 is 25.8 Å². The van der Waals surface area contributed by atoms with E-state index in [4.69, 9.17) is 21.4 Å². The van der Waals surface area contributed by atoms with E-state index in [-0.39, 0.29) is 35.3 Å². The third-order valence-electron chi connectivity index (χ3n) is 5.30. The second-order valence-electron chi connectivity index (χ2n) is 8.00. The van der Waals surface area contributed by atoms with Crippen LogP contribution in [0.25, 0.3) is 0 Å². The van der Waals surface area contributed by atoms with Crippen LogP contribution in [0.3, 0.4) is 0 Å². The van der Waals surface area contributed by atoms with E-state index < -0.39 is 34.5 Å². The van der Waals surface area contributed by atoms with Crippen LogP contribution in [0, 0.1) is 0 Å². The molecule has 4 N–H and O–H groups in total. The van der Waals surface area contributed by atoms with Crippen molar-refractivity contribution in [3.63, 3.8) is 0 Å². The van der Waals surface area contributed by atoms with E-state index in [0.717, 1.165) is 4.31 Å². The molecule has 13 heteroatoms. The smallest absolute Gasteiger partial charge is 0.404 e. The Labute approximate surface area is 213 Å². The van der Waals surface area contributed by atoms with Gasteiger partial charge in [-0.3, -0.25) is 13.9 Å². The Balaban J connectivity index is 1.82. The number of nitrogens with zero attached hydrogens (tertiary/aromatic N) is 1. The fraction of sp³-hybridized carbons (Fsp3) is 0.348. The summed E-state index contributed by atoms with van der Waals surface area (Å²) in [6, 6.07) is 11.6. The predicted octanol–water partition coefficient (Wildman–Crippen LogP) is 2.43. The van der Waals surface area contributed by atoms with E-state index in [0.29, 0.717) is 31.1 Å². The highest BCUT2D eigenvalue weighted by atomic mass is 35.5. The molecule has 0 spiro atoms. The Kier molecular flexibility index (Phi) is 9.51. The molecular weight excluding hydrogens is 512 g/mol. The van der Waals surface area contributed by atoms with Gasteiger partial charge in [0.25, 0.3) is 10.0 Å². The number of hydrogen-bond acceptors (Lipinski definition) is 6. The molecule has 3 amide bonds. The van der Waals surface area contributed by atoms with Crippen LogP contribution >= 0.6 is 11.6 Å². The number of hydrogen-bond donors (Lipinski definition) is 4. The molecule has 0 aromatic heterocycles. The standard InChI is InChI=1S/C23H27ClN4O7S/c24-16-3-1-5-19(13-16)28(15-22(30)26-17-8-11-35-12-9-17)36(33,34)20-6-2-4-18(14-20)27-21(29)7-10-25-23(31)32/h1-6,13-14,17,25H,7-12,15H2,(H,26,30)(H,27,29)(H,31,32). The van der Waals surface area contributed by atoms with Gasteiger partial charge in [-0.15, -0.1) is 0 Å². The first-order valence-corrected chi connectivity index (χ1v) is 13.0. The van der Waals surface area contributed by atoms with Gasteiger partial charge in [-0.2, -0.15) is 0 Å². The van der Waals surface area contributed by atoms with Gasteiger partial charge in [-0.25, -0.2) is 13.2 Å². The molecule has 0 unspecified atom stereocenters. The quantitative estimate of drug-likeness (QED) is 0.362. The van der Waals surface area contributed by atoms with Crippen LogP contribution in [-0.4, -0.2) is 63.8 Å². The lowest BCUT2D eigenvalue weighted by molar-refractivity contribution is -0.121. The fourth-order valence-electron chi connectivity index (χ4n) is 3.56. The van der Waals surface area contributed by atoms with Crippen LogP contribution in [-0.2, 0) is 24.3 Å². The molecule has 194 valence electrons. The highest BCUT2D eigenvalue weighted by Crippen LogP contribution is 2.27. The Morgan fingerprint density at radius 1 is 1.06 bits per heavy atom. The van der Waals surface area contributed by atoms with Gasteiger partial charge >= 0.3 is 6.09 Å². The Hall–Kier alpha value is -3.35. The second-order valence-corrected chi connectivity index (χ2v) is 10.3. The first-order chi connectivity index (χ1) is 17.1. The third-order valence-corrected chi connectivity index (χ3v) is 7.31. The summed E-state index contributed by atoms with van der Waals surface area (Å²) in [6.45, 7) is 0.472. The minimum Gasteiger partial charge on any atom is -0.465 e. The van der Waals surface area contributed by atoms with Crippen LogP contribution in [0.15, 0.2) is 53.4 Å². The zero-order chi connectivity index (χ0) is 26.1. The summed E-state index contributed by atoms with van der Waals surface area (Å²) in [5, 5.41) is 16.4. The Morgan fingerprint density at radius 3 is 2.47 bits per heavy atom. The molecule has 0 bridgehead atoms. The number of carboxylic acid groups (broad SMARTS) is 1. The van der Waals surface area contributed by atoms with E-state index in [9.17, 15) is 22.8 Å². The molecule has 36 heavy (non-hydrogen) atoms. The molecule has 0 saturated carbocycles. The van der Waals surface area contributed by atoms with Crippen molar-refractivity contribution in [1.29, 1.82) is 0 Å². The molecule has 11 nitrogen and oxygen atoms in total. The van der Waals surface area contributed by atoms with Gasteiger partial charge in [0.15, 0.2) is 0 Å². The van der Waals surface area contributed by atoms with Gasteiger partial charge in [0.05, 0.1) is 10.6 Å². The first-order valence-electron chi connectivity index (χ1n) is 11.2. The monoisotopic (exact) mass is 538 g/mol. The van der Waals surface area contributed by atoms with Crippen molar-refractivity contribution in [3.05, 3.63) is 53.6 Å². The molecule has 1 fully saturated rings. The second kappa shape index (κ2) is 12.6. The summed E-state index contributed by atoms with van der Waals surface area (Å²) in [5.74, 6) is -0.971. The minimum absolute atomic E-state index is 0.0933. The number of carbonyl (C=O) groups is 3. The lowest BCUT2D eigenvalue weighted by Gasteiger charge is -2.27. The van der Waals surface area contributed by atoms with E-state index in [1.807, 2.05) is 0 Å². The highest BCUT2D eigenvalue weighted by Gasteiger charge is 2.29. The summed E-state index contributed by atoms with van der Waals surface area (Å²) in [4.78, 5) is 35.3. The van der Waals surface area contributed by atoms with Crippen LogP contribution < -0.4 is 20.3 Å². The van der Waals surface area contributed by atoms with Crippen molar-refractivity contribution in [2.24, 2.45) is 0 Å². The number of carbonyl (C=O) groups excluding carboxylic acids is 2. The van der Waals surface area contributed by atoms with Crippen molar-refractivity contribution in [2.45, 2.75) is 30.2 Å². The zero-order valence-electron chi connectivity index (χ0n) is 19.3. The van der Waals surface area contributed by atoms with Crippen molar-refractivity contribution in [1.82, 2.24) is 10.6 Å². The number of nitrogens with one attached hydrogen (secondary N) is 3. The van der Waals surface area contributed by atoms with Gasteiger partial charge in [0.1, 0.15) is 6.54 Å². The minimum atomic E-state index is -4.25. The maximum atomic E-state index is 13.7. The van der Waals surface area contributed by atoms with Crippen LogP contribution in [0.5, 0.6) is 0 Å². The van der Waals surface area contributed by atoms with Crippen LogP contribution in [0.4, 0.5) is 16.2 Å². The summed E-state index contributed by atoms with van der Waals surface area (Å²) < 4.78 is 33.6. The lowest BCUT2D eigenvalue weighted by Crippen LogP contribution is -2.46. The summed E-state index contributed by atoms with van der Waals surface area (Å²) in [5.41, 5.74) is 0.410. The number of halogens is 1. The van der Waals surface area contributed by atoms with Gasteiger partial charge in [-0.1, -0.05) is 23.7 Å². The van der Waals surface area contributed by atoms with Crippen molar-refractivity contribution < 1.29 is 32.6 Å². The van der Waals surface area contributed by atoms with Crippen molar-refractivity contribution in [2.75, 3.05) is 35.9 Å². The number of rotatable bonds is 10. The molecule has 3 rings (SSSR count). The van der Waals surface area contributed by atoms with Crippen molar-refractivity contribution >= 4 is 50.9 Å². The maximum absolute atomic E-state index is 13.7. The van der Waals surface area contributed by atoms with Crippen LogP contribution in [0.1, 0.15) is 19.3 Å². The van der Waals surface area contributed by atoms with Crippen LogP contribution in [0.2, 0.25) is 5.02 Å². The van der Waals surface area contributed by atoms with E-state index in [1.165, 1.54) is 36.4 Å². The molecule has 1 saturated heterocycles. The van der Waals surface area contributed by atoms with Gasteiger partial charge in [0.2, 0.25) is 11.8 Å². The largest absolute Gasteiger partial charge is 0.465 e. The van der Waals surface area contributed by atoms with Gasteiger partial charge in [0, 0.05) is 42.9 Å². The number of anilines is 2. The van der Waals surface area contributed by atoms with E-state index in [1.54, 1.807) is 12.1 Å². The Morgan fingerprint density at radius 2 is 1.78 bits per heavy atom. The molecule has 1 aliphatic rings. The van der Waals surface area contributed by atoms with E-state index in [2.05, 4.69) is 16.0 Å². The lowest BCUT2D eigenvalue weighted by atomic mass is 10.1. The molecule has 0 radical (unpaired) electrons. The average Bonchev–Trinajstić information content (AvgIpc) is 2.83. The zero-order valence-corrected chi connectivity index (χ0v) is 20.8. The fourth-order valence-corrected chi connectivity index (χ4v) is 5.20. The maximum Gasteiger partial charge on any atom is 0.404 e. The average molecular weight is 539 g/mol. The highest BCUT2D eigenvalue weighted by molar-refractivity contribution is 7.92. The topological polar surface area (TPSA) is 154 Å². The molecule has 2 aromatic carbocycles. The molecule has 0 aliphatic carbocycles. The van der Waals surface area contributed by atoms with Gasteiger partial charge in [-0.05, 0) is 49.2 Å². The summed E-state index contributed by atoms with van der Waals surface area (Å²) in [6.07, 6.45) is -0.110. The summed E-state index contributed by atoms with van der Waals surface area (Å²) >= 11 is 6.10. The number of benzene rings is 2. The molecule has 0 atom stereocenters. The Bertz CT molecular complexity index is 1200. The normalized spacial score (nSPS) is 14.0. The summed E-state index contributed by atoms with van der Waals surface area (Å²) in [7, 11) is -4.25. The SMILES string of the molecule is O=C(O)NCCC(=O)Nc1cccc(S(=O)(=O)N(CC(=O)NC2CCOCC2)c2cccc(Cl)c2)c1. The number of amides is 3. The molecular formula is C23H27ClN4O7S. The van der Waals surface area contributed by atoms with E-state index >= 15 is 0 Å². The van der Waals surface area contributed by atoms with Crippen molar-refractivity contribution in [3.8, 4) is 0 Å². The molecule has 1 heterocycles. The third kappa shape index (κ3) is 7.83. The molecule has 1 aliphatic heterocycles. The first kappa shape index (κ1) is 27.2. The number of sulfonamides is 1. The predicted molar refractivity (Wildman–Crippen MR) is 134 cm³/mol. The molecule has 2 aromatic rings. The number of ether oxygens (including phenoxy) is 1.